The number of allylic oxidation sites excluding steroid dienone is 3. The predicted molar refractivity (Wildman–Crippen MR) is 217 cm³/mol. The van der Waals surface area contributed by atoms with Crippen LogP contribution in [0.1, 0.15) is 149 Å². The second kappa shape index (κ2) is 31.4. The molecule has 2 rings (SSSR count). The standard InChI is InChI=1S/C43H79NO13/c1-3-5-7-9-11-13-15-16-17-18-20-22-24-26-32(47)31(44-35(48)27-25-23-21-19-14-12-10-8-6-4-2)30-54-42-40(53)38(51)41(34(29-46)56-42)57-43-39(52)37(50)36(49)33(28-45)55-43/h8,10,24,26,31-34,36-43,45-47,49-53H,3-7,9,11-23,25,27-30H2,1-2H3,(H,44,48)/b10-8-,26-24+. The summed E-state index contributed by atoms with van der Waals surface area (Å²) in [5.74, 6) is -0.254. The van der Waals surface area contributed by atoms with E-state index >= 15 is 0 Å². The average molecular weight is 818 g/mol. The van der Waals surface area contributed by atoms with Crippen LogP contribution in [-0.2, 0) is 23.7 Å². The van der Waals surface area contributed by atoms with E-state index in [2.05, 4.69) is 31.3 Å². The number of carbonyl (C=O) groups excluding carboxylic acids is 1. The molecule has 1 amide bonds. The maximum atomic E-state index is 13.0. The minimum absolute atomic E-state index is 0.254. The number of ether oxygens (including phenoxy) is 4. The predicted octanol–water partition coefficient (Wildman–Crippen LogP) is 3.82. The van der Waals surface area contributed by atoms with Crippen LogP contribution in [0.25, 0.3) is 0 Å². The Bertz CT molecular complexity index is 1060. The quantitative estimate of drug-likeness (QED) is 0.0348. The van der Waals surface area contributed by atoms with E-state index in [4.69, 9.17) is 18.9 Å². The summed E-state index contributed by atoms with van der Waals surface area (Å²) in [4.78, 5) is 13.0. The van der Waals surface area contributed by atoms with Crippen molar-refractivity contribution in [2.75, 3.05) is 19.8 Å². The normalized spacial score (nSPS) is 29.3. The van der Waals surface area contributed by atoms with Crippen LogP contribution in [0.2, 0.25) is 0 Å². The number of aliphatic hydroxyl groups excluding tert-OH is 8. The first-order valence-corrected chi connectivity index (χ1v) is 22.1. The zero-order chi connectivity index (χ0) is 41.8. The van der Waals surface area contributed by atoms with Gasteiger partial charge in [0.1, 0.15) is 48.8 Å². The topological polar surface area (TPSA) is 228 Å². The van der Waals surface area contributed by atoms with Crippen molar-refractivity contribution in [2.24, 2.45) is 0 Å². The van der Waals surface area contributed by atoms with Gasteiger partial charge in [-0.25, -0.2) is 0 Å². The third-order valence-corrected chi connectivity index (χ3v) is 10.9. The molecule has 12 unspecified atom stereocenters. The van der Waals surface area contributed by atoms with Crippen molar-refractivity contribution in [3.63, 3.8) is 0 Å². The molecule has 2 aliphatic heterocycles. The van der Waals surface area contributed by atoms with E-state index in [9.17, 15) is 45.6 Å². The van der Waals surface area contributed by atoms with Gasteiger partial charge in [0.15, 0.2) is 12.6 Å². The number of amides is 1. The molecule has 12 atom stereocenters. The summed E-state index contributed by atoms with van der Waals surface area (Å²) in [5.41, 5.74) is 0. The molecule has 14 nitrogen and oxygen atoms in total. The second-order valence-corrected chi connectivity index (χ2v) is 15.8. The molecule has 57 heavy (non-hydrogen) atoms. The first-order valence-electron chi connectivity index (χ1n) is 22.1. The fourth-order valence-corrected chi connectivity index (χ4v) is 7.17. The second-order valence-electron chi connectivity index (χ2n) is 15.8. The Labute approximate surface area is 341 Å². The summed E-state index contributed by atoms with van der Waals surface area (Å²) in [6, 6.07) is -0.912. The molecule has 9 N–H and O–H groups in total. The molecule has 0 aromatic carbocycles. The number of carbonyl (C=O) groups is 1. The number of nitrogens with one attached hydrogen (secondary N) is 1. The van der Waals surface area contributed by atoms with E-state index < -0.39 is 86.8 Å². The van der Waals surface area contributed by atoms with Crippen LogP contribution in [0.3, 0.4) is 0 Å². The number of unbranched alkanes of at least 4 members (excludes halogenated alkanes) is 17. The molecule has 14 heteroatoms. The van der Waals surface area contributed by atoms with Gasteiger partial charge in [0.25, 0.3) is 0 Å². The molecule has 2 saturated heterocycles. The lowest BCUT2D eigenvalue weighted by molar-refractivity contribution is -0.359. The molecule has 0 aromatic rings. The summed E-state index contributed by atoms with van der Waals surface area (Å²) < 4.78 is 22.6. The van der Waals surface area contributed by atoms with Crippen molar-refractivity contribution in [1.29, 1.82) is 0 Å². The molecule has 2 fully saturated rings. The molecular weight excluding hydrogens is 738 g/mol. The molecule has 0 aromatic heterocycles. The summed E-state index contributed by atoms with van der Waals surface area (Å²) >= 11 is 0. The average Bonchev–Trinajstić information content (AvgIpc) is 3.21. The third-order valence-electron chi connectivity index (χ3n) is 10.9. The van der Waals surface area contributed by atoms with Gasteiger partial charge in [-0.15, -0.1) is 0 Å². The minimum Gasteiger partial charge on any atom is -0.394 e. The molecule has 334 valence electrons. The van der Waals surface area contributed by atoms with Gasteiger partial charge in [0, 0.05) is 6.42 Å². The summed E-state index contributed by atoms with van der Waals surface area (Å²) in [6.45, 7) is 2.67. The van der Waals surface area contributed by atoms with Crippen molar-refractivity contribution < 1.29 is 64.6 Å². The molecule has 0 spiro atoms. The van der Waals surface area contributed by atoms with Crippen molar-refractivity contribution in [3.8, 4) is 0 Å². The minimum atomic E-state index is -1.79. The lowest BCUT2D eigenvalue weighted by atomic mass is 9.97. The Morgan fingerprint density at radius 3 is 1.74 bits per heavy atom. The van der Waals surface area contributed by atoms with E-state index in [1.54, 1.807) is 6.08 Å². The van der Waals surface area contributed by atoms with E-state index in [1.165, 1.54) is 57.8 Å². The fraction of sp³-hybridized carbons (Fsp3) is 0.884. The Hall–Kier alpha value is -1.53. The van der Waals surface area contributed by atoms with E-state index in [0.29, 0.717) is 6.42 Å². The fourth-order valence-electron chi connectivity index (χ4n) is 7.17. The highest BCUT2D eigenvalue weighted by molar-refractivity contribution is 5.76. The molecular formula is C43H79NO13. The van der Waals surface area contributed by atoms with Crippen LogP contribution in [-0.4, -0.2) is 140 Å². The van der Waals surface area contributed by atoms with E-state index in [0.717, 1.165) is 64.2 Å². The number of hydrogen-bond donors (Lipinski definition) is 9. The Kier molecular flexibility index (Phi) is 28.4. The largest absolute Gasteiger partial charge is 0.394 e. The zero-order valence-corrected chi connectivity index (χ0v) is 34.8. The highest BCUT2D eigenvalue weighted by Gasteiger charge is 2.50. The molecule has 2 heterocycles. The molecule has 0 saturated carbocycles. The molecule has 0 aliphatic carbocycles. The van der Waals surface area contributed by atoms with Crippen molar-refractivity contribution in [2.45, 2.75) is 222 Å². The zero-order valence-electron chi connectivity index (χ0n) is 34.8. The van der Waals surface area contributed by atoms with Crippen molar-refractivity contribution >= 4 is 5.91 Å². The third kappa shape index (κ3) is 20.1. The Balaban J connectivity index is 1.93. The maximum Gasteiger partial charge on any atom is 0.220 e. The van der Waals surface area contributed by atoms with Gasteiger partial charge < -0.3 is 65.1 Å². The van der Waals surface area contributed by atoms with Gasteiger partial charge in [-0.1, -0.05) is 128 Å². The van der Waals surface area contributed by atoms with Crippen LogP contribution in [0, 0.1) is 0 Å². The SMILES string of the molecule is CCC/C=C\CCCCCCCC(=O)NC(COC1OC(CO)C(OC2OC(CO)C(O)C(O)C2O)C(O)C1O)C(O)/C=C/CCCCCCCCCCCCC. The number of rotatable bonds is 32. The van der Waals surface area contributed by atoms with Gasteiger partial charge in [-0.05, 0) is 38.5 Å². The lowest BCUT2D eigenvalue weighted by Crippen LogP contribution is -2.65. The summed E-state index contributed by atoms with van der Waals surface area (Å²) in [7, 11) is 0. The van der Waals surface area contributed by atoms with Crippen LogP contribution in [0.5, 0.6) is 0 Å². The van der Waals surface area contributed by atoms with Crippen LogP contribution in [0.15, 0.2) is 24.3 Å². The van der Waals surface area contributed by atoms with Crippen LogP contribution >= 0.6 is 0 Å². The van der Waals surface area contributed by atoms with Gasteiger partial charge in [-0.2, -0.15) is 0 Å². The Morgan fingerprint density at radius 1 is 0.614 bits per heavy atom. The van der Waals surface area contributed by atoms with Crippen LogP contribution in [0.4, 0.5) is 0 Å². The van der Waals surface area contributed by atoms with Gasteiger partial charge in [-0.3, -0.25) is 4.79 Å². The molecule has 0 radical (unpaired) electrons. The molecule has 2 aliphatic rings. The van der Waals surface area contributed by atoms with Crippen molar-refractivity contribution in [3.05, 3.63) is 24.3 Å². The van der Waals surface area contributed by atoms with Crippen LogP contribution < -0.4 is 5.32 Å². The number of hydrogen-bond acceptors (Lipinski definition) is 13. The van der Waals surface area contributed by atoms with E-state index in [-0.39, 0.29) is 18.9 Å². The van der Waals surface area contributed by atoms with Gasteiger partial charge >= 0.3 is 0 Å². The highest BCUT2D eigenvalue weighted by atomic mass is 16.7. The summed E-state index contributed by atoms with van der Waals surface area (Å²) in [6.07, 6.45) is 13.8. The first kappa shape index (κ1) is 51.6. The smallest absolute Gasteiger partial charge is 0.220 e. The first-order chi connectivity index (χ1) is 27.6. The van der Waals surface area contributed by atoms with Crippen molar-refractivity contribution in [1.82, 2.24) is 5.32 Å². The van der Waals surface area contributed by atoms with E-state index in [1.807, 2.05) is 6.08 Å². The molecule has 0 bridgehead atoms. The number of aliphatic hydroxyl groups is 8. The lowest BCUT2D eigenvalue weighted by Gasteiger charge is -2.46. The Morgan fingerprint density at radius 2 is 1.14 bits per heavy atom. The monoisotopic (exact) mass is 818 g/mol. The maximum absolute atomic E-state index is 13.0. The van der Waals surface area contributed by atoms with Gasteiger partial charge in [0.2, 0.25) is 5.91 Å². The summed E-state index contributed by atoms with van der Waals surface area (Å²) in [5, 5.41) is 86.3. The van der Waals surface area contributed by atoms with Gasteiger partial charge in [0.05, 0.1) is 32.0 Å². The highest BCUT2D eigenvalue weighted by Crippen LogP contribution is 2.30.